The Kier molecular flexibility index (Phi) is 3.46. The van der Waals surface area contributed by atoms with Crippen molar-refractivity contribution in [2.75, 3.05) is 6.61 Å². The fraction of sp³-hybridized carbons (Fsp3) is 0.500. The van der Waals surface area contributed by atoms with E-state index in [0.29, 0.717) is 10.9 Å². The standard InChI is InChI=1S/C14H16Cl2N2O/c1-14(6-3-7-19-14)9-18-12(8-15)17-11-5-2-4-10(16)13(11)18/h2,4-5H,3,6-9H2,1H3. The summed E-state index contributed by atoms with van der Waals surface area (Å²) >= 11 is 12.3. The second-order valence-corrected chi connectivity index (χ2v) is 5.93. The Morgan fingerprint density at radius 2 is 2.32 bits per heavy atom. The first kappa shape index (κ1) is 13.2. The summed E-state index contributed by atoms with van der Waals surface area (Å²) in [5.41, 5.74) is 1.70. The van der Waals surface area contributed by atoms with Crippen LogP contribution in [0.25, 0.3) is 11.0 Å². The zero-order valence-corrected chi connectivity index (χ0v) is 12.3. The molecule has 1 fully saturated rings. The van der Waals surface area contributed by atoms with Gasteiger partial charge in [-0.1, -0.05) is 17.7 Å². The molecule has 0 spiro atoms. The van der Waals surface area contributed by atoms with Crippen molar-refractivity contribution in [2.45, 2.75) is 37.8 Å². The van der Waals surface area contributed by atoms with Crippen molar-refractivity contribution in [2.24, 2.45) is 0 Å². The molecule has 0 amide bonds. The van der Waals surface area contributed by atoms with Gasteiger partial charge in [-0.15, -0.1) is 11.6 Å². The summed E-state index contributed by atoms with van der Waals surface area (Å²) in [6.07, 6.45) is 2.16. The number of hydrogen-bond donors (Lipinski definition) is 0. The van der Waals surface area contributed by atoms with Gasteiger partial charge in [0.15, 0.2) is 0 Å². The van der Waals surface area contributed by atoms with Gasteiger partial charge in [0.05, 0.1) is 34.1 Å². The zero-order chi connectivity index (χ0) is 13.5. The van der Waals surface area contributed by atoms with Crippen molar-refractivity contribution in [1.82, 2.24) is 9.55 Å². The van der Waals surface area contributed by atoms with Crippen LogP contribution in [-0.4, -0.2) is 21.8 Å². The zero-order valence-electron chi connectivity index (χ0n) is 10.8. The Bertz CT molecular complexity index is 603. The van der Waals surface area contributed by atoms with Gasteiger partial charge in [0.2, 0.25) is 0 Å². The molecule has 102 valence electrons. The van der Waals surface area contributed by atoms with Crippen LogP contribution in [0, 0.1) is 0 Å². The van der Waals surface area contributed by atoms with Gasteiger partial charge in [-0.05, 0) is 31.9 Å². The Hall–Kier alpha value is -0.770. The van der Waals surface area contributed by atoms with Crippen LogP contribution in [0.1, 0.15) is 25.6 Å². The molecule has 3 nitrogen and oxygen atoms in total. The summed E-state index contributed by atoms with van der Waals surface area (Å²) < 4.78 is 7.97. The van der Waals surface area contributed by atoms with Crippen LogP contribution in [-0.2, 0) is 17.2 Å². The van der Waals surface area contributed by atoms with E-state index >= 15 is 0 Å². The average molecular weight is 299 g/mol. The van der Waals surface area contributed by atoms with E-state index in [0.717, 1.165) is 42.9 Å². The van der Waals surface area contributed by atoms with E-state index in [2.05, 4.69) is 16.5 Å². The first-order valence-corrected chi connectivity index (χ1v) is 7.38. The van der Waals surface area contributed by atoms with Crippen LogP contribution >= 0.6 is 23.2 Å². The summed E-state index contributed by atoms with van der Waals surface area (Å²) in [6.45, 7) is 3.71. The third-order valence-electron chi connectivity index (χ3n) is 3.71. The highest BCUT2D eigenvalue weighted by molar-refractivity contribution is 6.35. The van der Waals surface area contributed by atoms with Gasteiger partial charge in [-0.3, -0.25) is 0 Å². The third kappa shape index (κ3) is 2.35. The lowest BCUT2D eigenvalue weighted by atomic mass is 10.0. The fourth-order valence-electron chi connectivity index (χ4n) is 2.76. The SMILES string of the molecule is CC1(Cn2c(CCl)nc3cccc(Cl)c32)CCCO1. The molecule has 5 heteroatoms. The van der Waals surface area contributed by atoms with Gasteiger partial charge in [0.25, 0.3) is 0 Å². The maximum atomic E-state index is 6.32. The molecule has 3 rings (SSSR count). The molecule has 0 N–H and O–H groups in total. The predicted molar refractivity (Wildman–Crippen MR) is 77.9 cm³/mol. The minimum absolute atomic E-state index is 0.145. The first-order valence-electron chi connectivity index (χ1n) is 6.46. The highest BCUT2D eigenvalue weighted by atomic mass is 35.5. The maximum absolute atomic E-state index is 6.32. The minimum Gasteiger partial charge on any atom is -0.373 e. The molecule has 0 bridgehead atoms. The Morgan fingerprint density at radius 3 is 3.00 bits per heavy atom. The van der Waals surface area contributed by atoms with Gasteiger partial charge in [0, 0.05) is 6.61 Å². The maximum Gasteiger partial charge on any atom is 0.124 e. The molecular formula is C14H16Cl2N2O. The van der Waals surface area contributed by atoms with Crippen molar-refractivity contribution in [1.29, 1.82) is 0 Å². The van der Waals surface area contributed by atoms with Gasteiger partial charge in [-0.25, -0.2) is 4.98 Å². The summed E-state index contributed by atoms with van der Waals surface area (Å²) in [4.78, 5) is 4.56. The second-order valence-electron chi connectivity index (χ2n) is 5.26. The number of nitrogens with zero attached hydrogens (tertiary/aromatic N) is 2. The number of ether oxygens (including phenoxy) is 1. The van der Waals surface area contributed by atoms with Crippen LogP contribution in [0.15, 0.2) is 18.2 Å². The molecule has 0 radical (unpaired) electrons. The lowest BCUT2D eigenvalue weighted by molar-refractivity contribution is 0.00661. The summed E-state index contributed by atoms with van der Waals surface area (Å²) in [5, 5.41) is 0.711. The highest BCUT2D eigenvalue weighted by Crippen LogP contribution is 2.31. The molecule has 1 aliphatic rings. The smallest absolute Gasteiger partial charge is 0.124 e. The number of benzene rings is 1. The fourth-order valence-corrected chi connectivity index (χ4v) is 3.23. The van der Waals surface area contributed by atoms with Crippen molar-refractivity contribution in [3.05, 3.63) is 29.0 Å². The van der Waals surface area contributed by atoms with Crippen molar-refractivity contribution < 1.29 is 4.74 Å². The van der Waals surface area contributed by atoms with Crippen LogP contribution in [0.3, 0.4) is 0 Å². The van der Waals surface area contributed by atoms with E-state index in [1.165, 1.54) is 0 Å². The van der Waals surface area contributed by atoms with E-state index < -0.39 is 0 Å². The van der Waals surface area contributed by atoms with E-state index in [1.807, 2.05) is 18.2 Å². The van der Waals surface area contributed by atoms with Crippen molar-refractivity contribution in [3.8, 4) is 0 Å². The molecule has 2 heterocycles. The second kappa shape index (κ2) is 4.97. The summed E-state index contributed by atoms with van der Waals surface area (Å²) in [5.74, 6) is 1.22. The van der Waals surface area contributed by atoms with E-state index in [1.54, 1.807) is 0 Å². The summed E-state index contributed by atoms with van der Waals surface area (Å²) in [6, 6.07) is 5.76. The number of imidazole rings is 1. The van der Waals surface area contributed by atoms with Crippen LogP contribution in [0.5, 0.6) is 0 Å². The molecule has 2 aromatic rings. The molecular weight excluding hydrogens is 283 g/mol. The van der Waals surface area contributed by atoms with Crippen molar-refractivity contribution in [3.63, 3.8) is 0 Å². The monoisotopic (exact) mass is 298 g/mol. The molecule has 1 atom stereocenters. The molecule has 1 unspecified atom stereocenters. The molecule has 0 aliphatic carbocycles. The first-order chi connectivity index (χ1) is 9.13. The minimum atomic E-state index is -0.145. The normalized spacial score (nSPS) is 23.3. The number of aromatic nitrogens is 2. The topological polar surface area (TPSA) is 27.1 Å². The third-order valence-corrected chi connectivity index (χ3v) is 4.25. The van der Waals surface area contributed by atoms with Crippen LogP contribution in [0.4, 0.5) is 0 Å². The largest absolute Gasteiger partial charge is 0.373 e. The molecule has 1 aromatic heterocycles. The molecule has 1 saturated heterocycles. The quantitative estimate of drug-likeness (QED) is 0.801. The highest BCUT2D eigenvalue weighted by Gasteiger charge is 2.31. The number of para-hydroxylation sites is 1. The Balaban J connectivity index is 2.10. The van der Waals surface area contributed by atoms with Gasteiger partial charge in [0.1, 0.15) is 5.82 Å². The Morgan fingerprint density at radius 1 is 1.47 bits per heavy atom. The molecule has 0 saturated carbocycles. The number of fused-ring (bicyclic) bond motifs is 1. The van der Waals surface area contributed by atoms with E-state index in [-0.39, 0.29) is 5.60 Å². The lowest BCUT2D eigenvalue weighted by Gasteiger charge is -2.25. The molecule has 1 aliphatic heterocycles. The number of alkyl halides is 1. The van der Waals surface area contributed by atoms with Crippen molar-refractivity contribution >= 4 is 34.2 Å². The number of rotatable bonds is 3. The number of halogens is 2. The predicted octanol–water partition coefficient (Wildman–Crippen LogP) is 4.00. The van der Waals surface area contributed by atoms with E-state index in [4.69, 9.17) is 27.9 Å². The van der Waals surface area contributed by atoms with Crippen LogP contribution in [0.2, 0.25) is 5.02 Å². The molecule has 1 aromatic carbocycles. The van der Waals surface area contributed by atoms with Gasteiger partial charge >= 0.3 is 0 Å². The number of hydrogen-bond acceptors (Lipinski definition) is 2. The summed E-state index contributed by atoms with van der Waals surface area (Å²) in [7, 11) is 0. The average Bonchev–Trinajstić information content (AvgIpc) is 2.95. The molecule has 19 heavy (non-hydrogen) atoms. The van der Waals surface area contributed by atoms with Gasteiger partial charge in [-0.2, -0.15) is 0 Å². The van der Waals surface area contributed by atoms with E-state index in [9.17, 15) is 0 Å². The lowest BCUT2D eigenvalue weighted by Crippen LogP contribution is -2.30. The van der Waals surface area contributed by atoms with Gasteiger partial charge < -0.3 is 9.30 Å². The Labute approximate surface area is 122 Å². The van der Waals surface area contributed by atoms with Crippen LogP contribution < -0.4 is 0 Å².